The van der Waals surface area contributed by atoms with Gasteiger partial charge in [-0.15, -0.1) is 0 Å². The summed E-state index contributed by atoms with van der Waals surface area (Å²) in [6.45, 7) is 3.89. The van der Waals surface area contributed by atoms with Crippen molar-refractivity contribution in [3.63, 3.8) is 0 Å². The van der Waals surface area contributed by atoms with E-state index in [4.69, 9.17) is 0 Å². The fourth-order valence-corrected chi connectivity index (χ4v) is 4.32. The molecule has 0 N–H and O–H groups in total. The number of fused-ring (bicyclic) bond motifs is 1. The van der Waals surface area contributed by atoms with Gasteiger partial charge < -0.3 is 4.90 Å². The number of carbonyl (C=O) groups is 4. The number of imide groups is 1. The number of allylic oxidation sites excluding steroid dienone is 2. The van der Waals surface area contributed by atoms with E-state index < -0.39 is 0 Å². The van der Waals surface area contributed by atoms with E-state index in [0.717, 1.165) is 11.1 Å². The Kier molecular flexibility index (Phi) is 5.78. The number of hydrogen-bond acceptors (Lipinski definition) is 4. The zero-order valence-electron chi connectivity index (χ0n) is 18.5. The first-order valence-corrected chi connectivity index (χ1v) is 10.8. The highest BCUT2D eigenvalue weighted by atomic mass is 16.2. The molecule has 1 saturated heterocycles. The molecule has 2 aromatic rings. The minimum absolute atomic E-state index is 0.0391. The van der Waals surface area contributed by atoms with Crippen molar-refractivity contribution in [2.24, 2.45) is 11.8 Å². The van der Waals surface area contributed by atoms with Crippen LogP contribution in [0.15, 0.2) is 54.6 Å². The summed E-state index contributed by atoms with van der Waals surface area (Å²) in [5.41, 5.74) is 3.57. The molecule has 3 amide bonds. The van der Waals surface area contributed by atoms with Crippen LogP contribution in [0.2, 0.25) is 0 Å². The van der Waals surface area contributed by atoms with Gasteiger partial charge in [0.2, 0.25) is 11.8 Å². The van der Waals surface area contributed by atoms with Crippen molar-refractivity contribution in [3.8, 4) is 0 Å². The van der Waals surface area contributed by atoms with Crippen LogP contribution in [-0.2, 0) is 9.59 Å². The molecule has 0 bridgehead atoms. The number of ketones is 1. The highest BCUT2D eigenvalue weighted by Crippen LogP contribution is 2.37. The van der Waals surface area contributed by atoms with Crippen LogP contribution in [0.3, 0.4) is 0 Å². The van der Waals surface area contributed by atoms with Gasteiger partial charge in [0, 0.05) is 18.2 Å². The minimum atomic E-state index is -0.300. The monoisotopic (exact) mass is 430 g/mol. The van der Waals surface area contributed by atoms with E-state index in [0.29, 0.717) is 29.7 Å². The largest absolute Gasteiger partial charge is 0.334 e. The van der Waals surface area contributed by atoms with Crippen molar-refractivity contribution < 1.29 is 19.2 Å². The predicted octanol–water partition coefficient (Wildman–Crippen LogP) is 3.71. The van der Waals surface area contributed by atoms with Gasteiger partial charge in [0.1, 0.15) is 0 Å². The molecule has 0 saturated carbocycles. The molecule has 0 spiro atoms. The molecule has 164 valence electrons. The van der Waals surface area contributed by atoms with Gasteiger partial charge in [-0.2, -0.15) is 0 Å². The van der Waals surface area contributed by atoms with Crippen LogP contribution >= 0.6 is 0 Å². The van der Waals surface area contributed by atoms with Gasteiger partial charge in [0.25, 0.3) is 5.91 Å². The fraction of sp³-hybridized carbons (Fsp3) is 0.308. The topological polar surface area (TPSA) is 74.8 Å². The Morgan fingerprint density at radius 2 is 1.44 bits per heavy atom. The molecule has 2 atom stereocenters. The average Bonchev–Trinajstić information content (AvgIpc) is 3.05. The molecule has 6 nitrogen and oxygen atoms in total. The van der Waals surface area contributed by atoms with Crippen LogP contribution in [0.4, 0.5) is 5.69 Å². The standard InChI is InChI=1S/C26H26N2O4/c1-16-8-9-19(14-17(16)2)23(29)15-27(3)24(30)18-10-12-20(13-11-18)28-25(31)21-6-4-5-7-22(21)26(28)32/h4-5,8-14,21-22H,6-7,15H2,1-3H3. The Labute approximate surface area is 187 Å². The number of hydrogen-bond donors (Lipinski definition) is 0. The molecular formula is C26H26N2O4. The van der Waals surface area contributed by atoms with Gasteiger partial charge in [-0.3, -0.25) is 24.1 Å². The summed E-state index contributed by atoms with van der Waals surface area (Å²) < 4.78 is 0. The Morgan fingerprint density at radius 1 is 0.875 bits per heavy atom. The summed E-state index contributed by atoms with van der Waals surface area (Å²) in [5.74, 6) is -1.39. The van der Waals surface area contributed by atoms with Crippen LogP contribution in [0.5, 0.6) is 0 Å². The highest BCUT2D eigenvalue weighted by Gasteiger charge is 2.47. The molecular weight excluding hydrogens is 404 g/mol. The lowest BCUT2D eigenvalue weighted by atomic mass is 9.85. The van der Waals surface area contributed by atoms with E-state index in [1.54, 1.807) is 37.4 Å². The van der Waals surface area contributed by atoms with Crippen LogP contribution in [0, 0.1) is 25.7 Å². The van der Waals surface area contributed by atoms with E-state index in [1.807, 2.05) is 38.1 Å². The van der Waals surface area contributed by atoms with E-state index in [2.05, 4.69) is 0 Å². The number of benzene rings is 2. The second-order valence-electron chi connectivity index (χ2n) is 8.60. The summed E-state index contributed by atoms with van der Waals surface area (Å²) in [7, 11) is 1.58. The minimum Gasteiger partial charge on any atom is -0.334 e. The Balaban J connectivity index is 1.45. The molecule has 0 radical (unpaired) electrons. The number of likely N-dealkylation sites (N-methyl/N-ethyl adjacent to an activating group) is 1. The molecule has 2 aliphatic rings. The Hall–Kier alpha value is -3.54. The van der Waals surface area contributed by atoms with Crippen molar-refractivity contribution in [3.05, 3.63) is 76.9 Å². The molecule has 1 heterocycles. The third-order valence-electron chi connectivity index (χ3n) is 6.44. The number of carbonyl (C=O) groups excluding carboxylic acids is 4. The summed E-state index contributed by atoms with van der Waals surface area (Å²) in [6, 6.07) is 11.9. The SMILES string of the molecule is Cc1ccc(C(=O)CN(C)C(=O)c2ccc(N3C(=O)C4CC=CCC4C3=O)cc2)cc1C. The van der Waals surface area contributed by atoms with Crippen LogP contribution < -0.4 is 4.90 Å². The molecule has 2 aromatic carbocycles. The van der Waals surface area contributed by atoms with E-state index >= 15 is 0 Å². The van der Waals surface area contributed by atoms with Crippen molar-refractivity contribution in [1.29, 1.82) is 0 Å². The zero-order chi connectivity index (χ0) is 23.0. The lowest BCUT2D eigenvalue weighted by molar-refractivity contribution is -0.122. The van der Waals surface area contributed by atoms with Crippen LogP contribution in [0.1, 0.15) is 44.7 Å². The fourth-order valence-electron chi connectivity index (χ4n) is 4.32. The van der Waals surface area contributed by atoms with Crippen molar-refractivity contribution in [2.75, 3.05) is 18.5 Å². The molecule has 6 heteroatoms. The van der Waals surface area contributed by atoms with Crippen LogP contribution in [0.25, 0.3) is 0 Å². The summed E-state index contributed by atoms with van der Waals surface area (Å²) in [6.07, 6.45) is 5.07. The van der Waals surface area contributed by atoms with E-state index in [1.165, 1.54) is 9.80 Å². The quantitative estimate of drug-likeness (QED) is 0.412. The van der Waals surface area contributed by atoms with Gasteiger partial charge in [0.15, 0.2) is 5.78 Å². The lowest BCUT2D eigenvalue weighted by Gasteiger charge is -2.18. The van der Waals surface area contributed by atoms with Crippen molar-refractivity contribution >= 4 is 29.2 Å². The summed E-state index contributed by atoms with van der Waals surface area (Å²) in [4.78, 5) is 53.5. The highest BCUT2D eigenvalue weighted by molar-refractivity contribution is 6.22. The summed E-state index contributed by atoms with van der Waals surface area (Å²) >= 11 is 0. The third kappa shape index (κ3) is 3.88. The number of aryl methyl sites for hydroxylation is 2. The lowest BCUT2D eigenvalue weighted by Crippen LogP contribution is -2.32. The summed E-state index contributed by atoms with van der Waals surface area (Å²) in [5, 5.41) is 0. The Morgan fingerprint density at radius 3 is 2.00 bits per heavy atom. The number of anilines is 1. The smallest absolute Gasteiger partial charge is 0.254 e. The van der Waals surface area contributed by atoms with Gasteiger partial charge >= 0.3 is 0 Å². The first-order chi connectivity index (χ1) is 15.3. The second kappa shape index (κ2) is 8.54. The maximum Gasteiger partial charge on any atom is 0.254 e. The van der Waals surface area contributed by atoms with Crippen LogP contribution in [-0.4, -0.2) is 42.0 Å². The first-order valence-electron chi connectivity index (χ1n) is 10.8. The Bertz CT molecular complexity index is 1110. The molecule has 0 aromatic heterocycles. The maximum atomic E-state index is 12.8. The zero-order valence-corrected chi connectivity index (χ0v) is 18.5. The number of Topliss-reactive ketones (excluding diaryl/α,β-unsaturated/α-hetero) is 1. The van der Waals surface area contributed by atoms with Crippen molar-refractivity contribution in [2.45, 2.75) is 26.7 Å². The number of rotatable bonds is 5. The second-order valence-corrected chi connectivity index (χ2v) is 8.60. The molecule has 4 rings (SSSR count). The normalized spacial score (nSPS) is 19.8. The van der Waals surface area contributed by atoms with Gasteiger partial charge in [-0.25, -0.2) is 0 Å². The third-order valence-corrected chi connectivity index (χ3v) is 6.44. The van der Waals surface area contributed by atoms with Gasteiger partial charge in [0.05, 0.1) is 24.1 Å². The molecule has 2 unspecified atom stereocenters. The first kappa shape index (κ1) is 21.7. The van der Waals surface area contributed by atoms with E-state index in [-0.39, 0.29) is 41.9 Å². The molecule has 1 aliphatic carbocycles. The molecule has 1 fully saturated rings. The predicted molar refractivity (Wildman–Crippen MR) is 121 cm³/mol. The van der Waals surface area contributed by atoms with Gasteiger partial charge in [-0.1, -0.05) is 24.3 Å². The maximum absolute atomic E-state index is 12.8. The van der Waals surface area contributed by atoms with E-state index in [9.17, 15) is 19.2 Å². The average molecular weight is 431 g/mol. The molecule has 1 aliphatic heterocycles. The molecule has 32 heavy (non-hydrogen) atoms. The van der Waals surface area contributed by atoms with Gasteiger partial charge in [-0.05, 0) is 68.1 Å². The van der Waals surface area contributed by atoms with Crippen molar-refractivity contribution in [1.82, 2.24) is 4.90 Å². The number of amides is 3. The number of nitrogens with zero attached hydrogens (tertiary/aromatic N) is 2.